The number of hydrogen-bond acceptors (Lipinski definition) is 2. The summed E-state index contributed by atoms with van der Waals surface area (Å²) in [6.07, 6.45) is 8.87. The van der Waals surface area contributed by atoms with E-state index in [1.165, 1.54) is 0 Å². The maximum atomic E-state index is 11.8. The largest absolute Gasteiger partial charge is 0.394 e. The lowest BCUT2D eigenvalue weighted by Crippen LogP contribution is -2.43. The first kappa shape index (κ1) is 9.71. The summed E-state index contributed by atoms with van der Waals surface area (Å²) in [5.41, 5.74) is -0.252. The average Bonchev–Trinajstić information content (AvgIpc) is 3.00. The van der Waals surface area contributed by atoms with Crippen molar-refractivity contribution in [1.82, 2.24) is 5.32 Å². The second-order valence-corrected chi connectivity index (χ2v) is 4.41. The Morgan fingerprint density at radius 1 is 1.50 bits per heavy atom. The SMILES string of the molecule is O=C(NC1(CO)CC1)C1CC=CCC1. The van der Waals surface area contributed by atoms with Gasteiger partial charge in [0.15, 0.2) is 0 Å². The number of carbonyl (C=O) groups excluding carboxylic acids is 1. The van der Waals surface area contributed by atoms with E-state index < -0.39 is 0 Å². The van der Waals surface area contributed by atoms with E-state index in [0.717, 1.165) is 32.1 Å². The van der Waals surface area contributed by atoms with Crippen molar-refractivity contribution in [1.29, 1.82) is 0 Å². The molecule has 1 amide bonds. The lowest BCUT2D eigenvalue weighted by atomic mass is 9.93. The van der Waals surface area contributed by atoms with Gasteiger partial charge in [0, 0.05) is 5.92 Å². The first-order valence-corrected chi connectivity index (χ1v) is 5.34. The molecule has 0 aromatic heterocycles. The van der Waals surface area contributed by atoms with E-state index in [0.29, 0.717) is 0 Å². The van der Waals surface area contributed by atoms with Gasteiger partial charge < -0.3 is 10.4 Å². The van der Waals surface area contributed by atoms with Crippen molar-refractivity contribution in [2.75, 3.05) is 6.61 Å². The summed E-state index contributed by atoms with van der Waals surface area (Å²) in [6, 6.07) is 0. The maximum absolute atomic E-state index is 11.8. The van der Waals surface area contributed by atoms with Crippen molar-refractivity contribution in [3.63, 3.8) is 0 Å². The molecule has 1 atom stereocenters. The van der Waals surface area contributed by atoms with Crippen LogP contribution in [-0.2, 0) is 4.79 Å². The molecule has 0 spiro atoms. The van der Waals surface area contributed by atoms with Crippen LogP contribution in [-0.4, -0.2) is 23.2 Å². The molecule has 2 rings (SSSR count). The van der Waals surface area contributed by atoms with Gasteiger partial charge in [0.25, 0.3) is 0 Å². The van der Waals surface area contributed by atoms with E-state index in [1.807, 2.05) is 0 Å². The zero-order chi connectivity index (χ0) is 10.0. The van der Waals surface area contributed by atoms with Crippen molar-refractivity contribution in [2.45, 2.75) is 37.6 Å². The molecule has 0 aromatic carbocycles. The van der Waals surface area contributed by atoms with Crippen LogP contribution in [0.1, 0.15) is 32.1 Å². The molecule has 78 valence electrons. The molecule has 2 aliphatic carbocycles. The minimum absolute atomic E-state index is 0.0846. The first-order valence-electron chi connectivity index (χ1n) is 5.34. The van der Waals surface area contributed by atoms with Gasteiger partial charge in [0.1, 0.15) is 0 Å². The summed E-state index contributed by atoms with van der Waals surface area (Å²) in [4.78, 5) is 11.8. The highest BCUT2D eigenvalue weighted by Gasteiger charge is 2.44. The van der Waals surface area contributed by atoms with Crippen LogP contribution in [0.3, 0.4) is 0 Å². The van der Waals surface area contributed by atoms with Gasteiger partial charge in [-0.05, 0) is 32.1 Å². The minimum Gasteiger partial charge on any atom is -0.394 e. The third-order valence-electron chi connectivity index (χ3n) is 3.18. The van der Waals surface area contributed by atoms with Crippen molar-refractivity contribution in [2.24, 2.45) is 5.92 Å². The fraction of sp³-hybridized carbons (Fsp3) is 0.727. The first-order chi connectivity index (χ1) is 6.76. The summed E-state index contributed by atoms with van der Waals surface area (Å²) >= 11 is 0. The van der Waals surface area contributed by atoms with Crippen molar-refractivity contribution in [3.05, 3.63) is 12.2 Å². The highest BCUT2D eigenvalue weighted by atomic mass is 16.3. The molecule has 3 nitrogen and oxygen atoms in total. The summed E-state index contributed by atoms with van der Waals surface area (Å²) in [7, 11) is 0. The molecule has 2 N–H and O–H groups in total. The van der Waals surface area contributed by atoms with Gasteiger partial charge in [-0.1, -0.05) is 12.2 Å². The molecule has 1 unspecified atom stereocenters. The number of rotatable bonds is 3. The molecule has 1 saturated carbocycles. The molecule has 0 heterocycles. The average molecular weight is 195 g/mol. The van der Waals surface area contributed by atoms with Crippen LogP contribution in [0.5, 0.6) is 0 Å². The highest BCUT2D eigenvalue weighted by Crippen LogP contribution is 2.35. The van der Waals surface area contributed by atoms with Gasteiger partial charge in [-0.2, -0.15) is 0 Å². The fourth-order valence-electron chi connectivity index (χ4n) is 1.87. The number of nitrogens with one attached hydrogen (secondary N) is 1. The molecule has 3 heteroatoms. The van der Waals surface area contributed by atoms with Crippen molar-refractivity contribution < 1.29 is 9.90 Å². The zero-order valence-electron chi connectivity index (χ0n) is 8.33. The highest BCUT2D eigenvalue weighted by molar-refractivity contribution is 5.80. The van der Waals surface area contributed by atoms with Crippen LogP contribution in [0.2, 0.25) is 0 Å². The zero-order valence-corrected chi connectivity index (χ0v) is 8.33. The van der Waals surface area contributed by atoms with Gasteiger partial charge in [-0.25, -0.2) is 0 Å². The van der Waals surface area contributed by atoms with E-state index in [-0.39, 0.29) is 24.0 Å². The van der Waals surface area contributed by atoms with Crippen molar-refractivity contribution >= 4 is 5.91 Å². The molecule has 14 heavy (non-hydrogen) atoms. The van der Waals surface area contributed by atoms with Gasteiger partial charge in [0.2, 0.25) is 5.91 Å². The van der Waals surface area contributed by atoms with Gasteiger partial charge in [0.05, 0.1) is 12.1 Å². The lowest BCUT2D eigenvalue weighted by molar-refractivity contribution is -0.126. The van der Waals surface area contributed by atoms with Crippen LogP contribution >= 0.6 is 0 Å². The van der Waals surface area contributed by atoms with Gasteiger partial charge >= 0.3 is 0 Å². The molecule has 0 aromatic rings. The number of aliphatic hydroxyl groups is 1. The summed E-state index contributed by atoms with van der Waals surface area (Å²) in [6.45, 7) is 0.0846. The monoisotopic (exact) mass is 195 g/mol. The normalized spacial score (nSPS) is 28.5. The van der Waals surface area contributed by atoms with Gasteiger partial charge in [-0.15, -0.1) is 0 Å². The smallest absolute Gasteiger partial charge is 0.223 e. The van der Waals surface area contributed by atoms with Crippen LogP contribution in [0, 0.1) is 5.92 Å². The van der Waals surface area contributed by atoms with Crippen LogP contribution in [0.25, 0.3) is 0 Å². The second kappa shape index (κ2) is 3.73. The number of aliphatic hydroxyl groups excluding tert-OH is 1. The van der Waals surface area contributed by atoms with E-state index in [4.69, 9.17) is 5.11 Å². The Morgan fingerprint density at radius 3 is 2.79 bits per heavy atom. The molecule has 1 fully saturated rings. The molecule has 0 aliphatic heterocycles. The van der Waals surface area contributed by atoms with Crippen LogP contribution in [0.4, 0.5) is 0 Å². The van der Waals surface area contributed by atoms with E-state index in [9.17, 15) is 4.79 Å². The van der Waals surface area contributed by atoms with Crippen LogP contribution < -0.4 is 5.32 Å². The predicted molar refractivity (Wildman–Crippen MR) is 53.7 cm³/mol. The standard InChI is InChI=1S/C11H17NO2/c13-8-11(6-7-11)12-10(14)9-4-2-1-3-5-9/h1-2,9,13H,3-8H2,(H,12,14). The number of amides is 1. The second-order valence-electron chi connectivity index (χ2n) is 4.41. The quantitative estimate of drug-likeness (QED) is 0.660. The summed E-state index contributed by atoms with van der Waals surface area (Å²) in [5, 5.41) is 12.0. The fourth-order valence-corrected chi connectivity index (χ4v) is 1.87. The van der Waals surface area contributed by atoms with E-state index in [1.54, 1.807) is 0 Å². The number of allylic oxidation sites excluding steroid dienone is 2. The molecule has 0 saturated heterocycles. The van der Waals surface area contributed by atoms with E-state index >= 15 is 0 Å². The third kappa shape index (κ3) is 1.98. The summed E-state index contributed by atoms with van der Waals surface area (Å²) in [5.74, 6) is 0.255. The topological polar surface area (TPSA) is 49.3 Å². The molecular formula is C11H17NO2. The Kier molecular flexibility index (Phi) is 2.59. The Labute approximate surface area is 84.2 Å². The van der Waals surface area contributed by atoms with Crippen LogP contribution in [0.15, 0.2) is 12.2 Å². The molecule has 0 bridgehead atoms. The Morgan fingerprint density at radius 2 is 2.29 bits per heavy atom. The molecular weight excluding hydrogens is 178 g/mol. The number of carbonyl (C=O) groups is 1. The number of hydrogen-bond donors (Lipinski definition) is 2. The predicted octanol–water partition coefficient (Wildman–Crippen LogP) is 0.984. The Bertz CT molecular complexity index is 256. The van der Waals surface area contributed by atoms with Gasteiger partial charge in [-0.3, -0.25) is 4.79 Å². The Balaban J connectivity index is 1.86. The minimum atomic E-state index is -0.252. The van der Waals surface area contributed by atoms with E-state index in [2.05, 4.69) is 17.5 Å². The molecule has 0 radical (unpaired) electrons. The molecule has 2 aliphatic rings. The maximum Gasteiger partial charge on any atom is 0.223 e. The van der Waals surface area contributed by atoms with Crippen molar-refractivity contribution in [3.8, 4) is 0 Å². The lowest BCUT2D eigenvalue weighted by Gasteiger charge is -2.21. The summed E-state index contributed by atoms with van der Waals surface area (Å²) < 4.78 is 0. The third-order valence-corrected chi connectivity index (χ3v) is 3.18. The Hall–Kier alpha value is -0.830.